The molecule has 1 aromatic rings. The number of likely N-dealkylation sites (tertiary alicyclic amines) is 1. The molecule has 94 valence electrons. The molecule has 0 aliphatic carbocycles. The third-order valence-corrected chi connectivity index (χ3v) is 3.40. The highest BCUT2D eigenvalue weighted by Gasteiger charge is 2.22. The average Bonchev–Trinajstić information content (AvgIpc) is 2.77. The van der Waals surface area contributed by atoms with E-state index in [9.17, 15) is 0 Å². The first kappa shape index (κ1) is 12.6. The standard InChI is InChI=1S/C14H23N3/c1-12(9-15)16-14-7-8-17(11-14)10-13-5-3-2-4-6-13/h2-6,12,14,16H,7-11,15H2,1H3. The number of nitrogens with one attached hydrogen (secondary N) is 1. The lowest BCUT2D eigenvalue weighted by Crippen LogP contribution is -2.42. The summed E-state index contributed by atoms with van der Waals surface area (Å²) in [5.41, 5.74) is 7.04. The van der Waals surface area contributed by atoms with Crippen molar-refractivity contribution in [3.63, 3.8) is 0 Å². The molecule has 3 nitrogen and oxygen atoms in total. The first-order chi connectivity index (χ1) is 8.28. The van der Waals surface area contributed by atoms with Gasteiger partial charge in [0.25, 0.3) is 0 Å². The van der Waals surface area contributed by atoms with Crippen LogP contribution in [0.5, 0.6) is 0 Å². The lowest BCUT2D eigenvalue weighted by molar-refractivity contribution is 0.316. The molecule has 2 atom stereocenters. The van der Waals surface area contributed by atoms with Gasteiger partial charge >= 0.3 is 0 Å². The summed E-state index contributed by atoms with van der Waals surface area (Å²) in [4.78, 5) is 2.51. The van der Waals surface area contributed by atoms with E-state index in [1.807, 2.05) is 0 Å². The van der Waals surface area contributed by atoms with Crippen LogP contribution in [0, 0.1) is 0 Å². The first-order valence-corrected chi connectivity index (χ1v) is 6.50. The molecule has 0 spiro atoms. The van der Waals surface area contributed by atoms with Crippen molar-refractivity contribution in [2.75, 3.05) is 19.6 Å². The van der Waals surface area contributed by atoms with E-state index in [2.05, 4.69) is 47.5 Å². The minimum absolute atomic E-state index is 0.427. The second-order valence-electron chi connectivity index (χ2n) is 5.01. The van der Waals surface area contributed by atoms with Gasteiger partial charge in [-0.3, -0.25) is 4.90 Å². The van der Waals surface area contributed by atoms with Crippen LogP contribution in [-0.2, 0) is 6.54 Å². The van der Waals surface area contributed by atoms with Gasteiger partial charge in [-0.2, -0.15) is 0 Å². The predicted molar refractivity (Wildman–Crippen MR) is 71.8 cm³/mol. The molecule has 1 aliphatic rings. The maximum absolute atomic E-state index is 5.63. The zero-order valence-corrected chi connectivity index (χ0v) is 10.6. The summed E-state index contributed by atoms with van der Waals surface area (Å²) >= 11 is 0. The molecule has 0 bridgehead atoms. The van der Waals surface area contributed by atoms with Gasteiger partial charge in [0.05, 0.1) is 0 Å². The second-order valence-corrected chi connectivity index (χ2v) is 5.01. The molecule has 2 rings (SSSR count). The van der Waals surface area contributed by atoms with Gasteiger partial charge in [-0.15, -0.1) is 0 Å². The summed E-state index contributed by atoms with van der Waals surface area (Å²) in [5, 5.41) is 3.58. The van der Waals surface area contributed by atoms with Crippen LogP contribution in [0.2, 0.25) is 0 Å². The van der Waals surface area contributed by atoms with Crippen LogP contribution in [-0.4, -0.2) is 36.6 Å². The SMILES string of the molecule is CC(CN)NC1CCN(Cc2ccccc2)C1. The zero-order valence-electron chi connectivity index (χ0n) is 10.6. The summed E-state index contributed by atoms with van der Waals surface area (Å²) in [6.07, 6.45) is 1.23. The van der Waals surface area contributed by atoms with E-state index in [1.54, 1.807) is 0 Å². The molecular formula is C14H23N3. The second kappa shape index (κ2) is 6.15. The van der Waals surface area contributed by atoms with Crippen LogP contribution in [0.3, 0.4) is 0 Å². The molecular weight excluding hydrogens is 210 g/mol. The van der Waals surface area contributed by atoms with Crippen molar-refractivity contribution >= 4 is 0 Å². The van der Waals surface area contributed by atoms with Crippen molar-refractivity contribution in [3.8, 4) is 0 Å². The number of hydrogen-bond acceptors (Lipinski definition) is 3. The lowest BCUT2D eigenvalue weighted by atomic mass is 10.2. The monoisotopic (exact) mass is 233 g/mol. The van der Waals surface area contributed by atoms with Crippen LogP contribution in [0.1, 0.15) is 18.9 Å². The molecule has 0 radical (unpaired) electrons. The maximum atomic E-state index is 5.63. The molecule has 1 saturated heterocycles. The van der Waals surface area contributed by atoms with E-state index in [0.717, 1.165) is 19.6 Å². The largest absolute Gasteiger partial charge is 0.329 e. The molecule has 1 heterocycles. The summed E-state index contributed by atoms with van der Waals surface area (Å²) < 4.78 is 0. The number of nitrogens with zero attached hydrogens (tertiary/aromatic N) is 1. The summed E-state index contributed by atoms with van der Waals surface area (Å²) in [6, 6.07) is 11.7. The predicted octanol–water partition coefficient (Wildman–Crippen LogP) is 1.20. The topological polar surface area (TPSA) is 41.3 Å². The van der Waals surface area contributed by atoms with E-state index in [-0.39, 0.29) is 0 Å². The van der Waals surface area contributed by atoms with Crippen molar-refractivity contribution in [1.29, 1.82) is 0 Å². The molecule has 0 saturated carbocycles. The Hall–Kier alpha value is -0.900. The highest BCUT2D eigenvalue weighted by Crippen LogP contribution is 2.13. The fraction of sp³-hybridized carbons (Fsp3) is 0.571. The smallest absolute Gasteiger partial charge is 0.0234 e. The molecule has 0 amide bonds. The van der Waals surface area contributed by atoms with Gasteiger partial charge in [-0.05, 0) is 18.9 Å². The molecule has 0 aromatic heterocycles. The Balaban J connectivity index is 1.78. The van der Waals surface area contributed by atoms with Crippen molar-refractivity contribution in [2.24, 2.45) is 5.73 Å². The van der Waals surface area contributed by atoms with Crippen LogP contribution < -0.4 is 11.1 Å². The van der Waals surface area contributed by atoms with Gasteiger partial charge in [0.15, 0.2) is 0 Å². The van der Waals surface area contributed by atoms with Crippen LogP contribution in [0.15, 0.2) is 30.3 Å². The minimum atomic E-state index is 0.427. The molecule has 1 aromatic carbocycles. The summed E-state index contributed by atoms with van der Waals surface area (Å²) in [7, 11) is 0. The average molecular weight is 233 g/mol. The summed E-state index contributed by atoms with van der Waals surface area (Å²) in [5.74, 6) is 0. The van der Waals surface area contributed by atoms with Gasteiger partial charge < -0.3 is 11.1 Å². The Bertz CT molecular complexity index is 325. The quantitative estimate of drug-likeness (QED) is 0.803. The lowest BCUT2D eigenvalue weighted by Gasteiger charge is -2.19. The van der Waals surface area contributed by atoms with E-state index in [0.29, 0.717) is 12.1 Å². The van der Waals surface area contributed by atoms with Gasteiger partial charge in [0.2, 0.25) is 0 Å². The van der Waals surface area contributed by atoms with Gasteiger partial charge in [0, 0.05) is 38.3 Å². The van der Waals surface area contributed by atoms with Crippen molar-refractivity contribution < 1.29 is 0 Å². The van der Waals surface area contributed by atoms with Gasteiger partial charge in [-0.1, -0.05) is 30.3 Å². The Morgan fingerprint density at radius 3 is 2.88 bits per heavy atom. The number of rotatable bonds is 5. The van der Waals surface area contributed by atoms with Crippen LogP contribution in [0.4, 0.5) is 0 Å². The van der Waals surface area contributed by atoms with E-state index >= 15 is 0 Å². The Labute approximate surface area is 104 Å². The highest BCUT2D eigenvalue weighted by atomic mass is 15.2. The van der Waals surface area contributed by atoms with Gasteiger partial charge in [0.1, 0.15) is 0 Å². The first-order valence-electron chi connectivity index (χ1n) is 6.50. The molecule has 3 N–H and O–H groups in total. The molecule has 17 heavy (non-hydrogen) atoms. The molecule has 1 aliphatic heterocycles. The van der Waals surface area contributed by atoms with E-state index in [4.69, 9.17) is 5.73 Å². The van der Waals surface area contributed by atoms with Gasteiger partial charge in [-0.25, -0.2) is 0 Å². The number of benzene rings is 1. The third-order valence-electron chi connectivity index (χ3n) is 3.40. The molecule has 3 heteroatoms. The Morgan fingerprint density at radius 2 is 2.18 bits per heavy atom. The van der Waals surface area contributed by atoms with E-state index in [1.165, 1.54) is 18.5 Å². The third kappa shape index (κ3) is 3.80. The fourth-order valence-electron chi connectivity index (χ4n) is 2.42. The van der Waals surface area contributed by atoms with Crippen molar-refractivity contribution in [2.45, 2.75) is 32.0 Å². The minimum Gasteiger partial charge on any atom is -0.329 e. The summed E-state index contributed by atoms with van der Waals surface area (Å²) in [6.45, 7) is 6.26. The van der Waals surface area contributed by atoms with Crippen molar-refractivity contribution in [1.82, 2.24) is 10.2 Å². The van der Waals surface area contributed by atoms with Crippen LogP contribution >= 0.6 is 0 Å². The molecule has 2 unspecified atom stereocenters. The normalized spacial score (nSPS) is 22.8. The van der Waals surface area contributed by atoms with Crippen molar-refractivity contribution in [3.05, 3.63) is 35.9 Å². The molecule has 1 fully saturated rings. The zero-order chi connectivity index (χ0) is 12.1. The number of nitrogens with two attached hydrogens (primary N) is 1. The Kier molecular flexibility index (Phi) is 4.54. The number of hydrogen-bond donors (Lipinski definition) is 2. The fourth-order valence-corrected chi connectivity index (χ4v) is 2.42. The highest BCUT2D eigenvalue weighted by molar-refractivity contribution is 5.14. The maximum Gasteiger partial charge on any atom is 0.0234 e. The van der Waals surface area contributed by atoms with Crippen LogP contribution in [0.25, 0.3) is 0 Å². The Morgan fingerprint density at radius 1 is 1.41 bits per heavy atom. The van der Waals surface area contributed by atoms with E-state index < -0.39 is 0 Å².